The van der Waals surface area contributed by atoms with Gasteiger partial charge in [-0.3, -0.25) is 4.79 Å². The Morgan fingerprint density at radius 1 is 0.833 bits per heavy atom. The summed E-state index contributed by atoms with van der Waals surface area (Å²) < 4.78 is 23.8. The Labute approximate surface area is 112 Å². The van der Waals surface area contributed by atoms with Crippen LogP contribution in [0.5, 0.6) is 0 Å². The normalized spacial score (nSPS) is 11.6. The predicted molar refractivity (Wildman–Crippen MR) is 75.5 cm³/mol. The Kier molecular flexibility index (Phi) is 11.4. The van der Waals surface area contributed by atoms with Gasteiger partial charge in [-0.2, -0.15) is 0 Å². The van der Waals surface area contributed by atoms with Crippen molar-refractivity contribution in [2.24, 2.45) is 0 Å². The minimum absolute atomic E-state index is 0.0384. The first-order valence-corrected chi connectivity index (χ1v) is 8.62. The molecule has 0 amide bonds. The Morgan fingerprint density at radius 2 is 1.28 bits per heavy atom. The monoisotopic (exact) mass is 277 g/mol. The molecule has 18 heavy (non-hydrogen) atoms. The highest BCUT2D eigenvalue weighted by Gasteiger charge is 2.04. The second-order valence-corrected chi connectivity index (χ2v) is 6.29. The molecule has 0 saturated heterocycles. The van der Waals surface area contributed by atoms with Crippen molar-refractivity contribution in [1.82, 2.24) is 4.72 Å². The van der Waals surface area contributed by atoms with Gasteiger partial charge in [0.1, 0.15) is 0 Å². The van der Waals surface area contributed by atoms with E-state index >= 15 is 0 Å². The lowest BCUT2D eigenvalue weighted by Gasteiger charge is -2.02. The highest BCUT2D eigenvalue weighted by Crippen LogP contribution is 2.10. The van der Waals surface area contributed by atoms with Gasteiger partial charge in [-0.1, -0.05) is 64.7 Å². The van der Waals surface area contributed by atoms with Crippen LogP contribution in [0.15, 0.2) is 0 Å². The number of carbonyl (C=O) groups is 1. The number of nitrogens with one attached hydrogen (secondary N) is 1. The zero-order valence-corrected chi connectivity index (χ0v) is 12.3. The quantitative estimate of drug-likeness (QED) is 0.416. The largest absolute Gasteiger partial charge is 0.284 e. The average molecular weight is 277 g/mol. The molecule has 0 saturated carbocycles. The molecule has 0 bridgehead atoms. The van der Waals surface area contributed by atoms with E-state index in [9.17, 15) is 13.2 Å². The molecule has 0 aliphatic rings. The van der Waals surface area contributed by atoms with E-state index in [-0.39, 0.29) is 5.62 Å². The lowest BCUT2D eigenvalue weighted by Crippen LogP contribution is -2.25. The van der Waals surface area contributed by atoms with Gasteiger partial charge in [0, 0.05) is 6.54 Å². The van der Waals surface area contributed by atoms with Gasteiger partial charge in [-0.15, -0.1) is 0 Å². The highest BCUT2D eigenvalue weighted by molar-refractivity contribution is 8.02. The summed E-state index contributed by atoms with van der Waals surface area (Å²) in [5, 5.41) is 0. The predicted octanol–water partition coefficient (Wildman–Crippen LogP) is 3.02. The van der Waals surface area contributed by atoms with Crippen molar-refractivity contribution in [3.8, 4) is 0 Å². The van der Waals surface area contributed by atoms with Crippen molar-refractivity contribution in [2.45, 2.75) is 71.1 Å². The fraction of sp³-hybridized carbons (Fsp3) is 0.923. The SMILES string of the molecule is CCCCCCCCCCCCNS(=O)(=O)C=O. The Morgan fingerprint density at radius 3 is 1.72 bits per heavy atom. The molecular weight excluding hydrogens is 250 g/mol. The smallest absolute Gasteiger partial charge is 0.271 e. The first kappa shape index (κ1) is 17.6. The maximum absolute atomic E-state index is 10.8. The summed E-state index contributed by atoms with van der Waals surface area (Å²) in [6.45, 7) is 2.59. The average Bonchev–Trinajstić information content (AvgIpc) is 2.36. The summed E-state index contributed by atoms with van der Waals surface area (Å²) in [6.07, 6.45) is 12.1. The van der Waals surface area contributed by atoms with Crippen LogP contribution in [0.2, 0.25) is 0 Å². The van der Waals surface area contributed by atoms with Gasteiger partial charge < -0.3 is 0 Å². The van der Waals surface area contributed by atoms with Crippen LogP contribution in [0, 0.1) is 0 Å². The van der Waals surface area contributed by atoms with Gasteiger partial charge >= 0.3 is 0 Å². The van der Waals surface area contributed by atoms with Crippen molar-refractivity contribution in [3.63, 3.8) is 0 Å². The Bertz CT molecular complexity index is 289. The van der Waals surface area contributed by atoms with E-state index in [0.29, 0.717) is 6.54 Å². The zero-order valence-electron chi connectivity index (χ0n) is 11.5. The molecule has 0 aromatic carbocycles. The van der Waals surface area contributed by atoms with Gasteiger partial charge in [0.25, 0.3) is 10.0 Å². The molecular formula is C13H27NO3S. The van der Waals surface area contributed by atoms with Crippen LogP contribution in [0.1, 0.15) is 71.1 Å². The highest BCUT2D eigenvalue weighted by atomic mass is 32.2. The van der Waals surface area contributed by atoms with E-state index in [1.807, 2.05) is 0 Å². The molecule has 0 atom stereocenters. The van der Waals surface area contributed by atoms with Crippen LogP contribution in [0.3, 0.4) is 0 Å². The maximum atomic E-state index is 10.8. The molecule has 0 spiro atoms. The van der Waals surface area contributed by atoms with Gasteiger partial charge in [0.15, 0.2) is 0 Å². The number of rotatable bonds is 13. The number of hydrogen-bond acceptors (Lipinski definition) is 3. The summed E-state index contributed by atoms with van der Waals surface area (Å²) in [5.74, 6) is 0. The molecule has 0 aliphatic carbocycles. The molecule has 0 radical (unpaired) electrons. The fourth-order valence-corrected chi connectivity index (χ4v) is 2.36. The number of unbranched alkanes of at least 4 members (excludes halogenated alkanes) is 9. The minimum atomic E-state index is -3.66. The summed E-state index contributed by atoms with van der Waals surface area (Å²) >= 11 is 0. The number of sulfonamides is 1. The lowest BCUT2D eigenvalue weighted by molar-refractivity contribution is 0.543. The molecule has 0 aromatic rings. The third-order valence-electron chi connectivity index (χ3n) is 2.96. The van der Waals surface area contributed by atoms with Crippen LogP contribution in [-0.2, 0) is 14.8 Å². The van der Waals surface area contributed by atoms with Crippen molar-refractivity contribution in [3.05, 3.63) is 0 Å². The second-order valence-electron chi connectivity index (χ2n) is 4.72. The van der Waals surface area contributed by atoms with E-state index in [4.69, 9.17) is 0 Å². The molecule has 0 unspecified atom stereocenters. The Balaban J connectivity index is 3.15. The molecule has 108 valence electrons. The van der Waals surface area contributed by atoms with E-state index < -0.39 is 10.0 Å². The van der Waals surface area contributed by atoms with Crippen molar-refractivity contribution in [2.75, 3.05) is 6.54 Å². The second kappa shape index (κ2) is 11.7. The standard InChI is InChI=1S/C13H27NO3S/c1-2-3-4-5-6-7-8-9-10-11-12-14-18(16,17)13-15/h13-14H,2-12H2,1H3. The summed E-state index contributed by atoms with van der Waals surface area (Å²) in [6, 6.07) is 0. The van der Waals surface area contributed by atoms with Crippen molar-refractivity contribution >= 4 is 15.6 Å². The first-order valence-electron chi connectivity index (χ1n) is 7.07. The van der Waals surface area contributed by atoms with E-state index in [2.05, 4.69) is 11.6 Å². The molecule has 4 nitrogen and oxygen atoms in total. The third kappa shape index (κ3) is 12.0. The van der Waals surface area contributed by atoms with Crippen LogP contribution in [-0.4, -0.2) is 20.6 Å². The number of hydrogen-bond donors (Lipinski definition) is 1. The van der Waals surface area contributed by atoms with Crippen LogP contribution >= 0.6 is 0 Å². The van der Waals surface area contributed by atoms with Crippen LogP contribution in [0.25, 0.3) is 0 Å². The zero-order chi connectivity index (χ0) is 13.7. The van der Waals surface area contributed by atoms with Crippen molar-refractivity contribution in [1.29, 1.82) is 0 Å². The minimum Gasteiger partial charge on any atom is -0.284 e. The van der Waals surface area contributed by atoms with Gasteiger partial charge in [0.05, 0.1) is 0 Å². The summed E-state index contributed by atoms with van der Waals surface area (Å²) in [4.78, 5) is 10.1. The Hall–Kier alpha value is -0.420. The molecule has 1 N–H and O–H groups in total. The first-order chi connectivity index (χ1) is 8.62. The van der Waals surface area contributed by atoms with E-state index in [1.165, 1.54) is 44.9 Å². The molecule has 0 rings (SSSR count). The molecule has 0 aromatic heterocycles. The fourth-order valence-electron chi connectivity index (χ4n) is 1.86. The van der Waals surface area contributed by atoms with Crippen molar-refractivity contribution < 1.29 is 13.2 Å². The van der Waals surface area contributed by atoms with Crippen LogP contribution < -0.4 is 4.72 Å². The van der Waals surface area contributed by atoms with Gasteiger partial charge in [-0.25, -0.2) is 13.1 Å². The maximum Gasteiger partial charge on any atom is 0.271 e. The summed E-state index contributed by atoms with van der Waals surface area (Å²) in [5.41, 5.74) is -0.0384. The summed E-state index contributed by atoms with van der Waals surface area (Å²) in [7, 11) is -3.66. The van der Waals surface area contributed by atoms with E-state index in [1.54, 1.807) is 0 Å². The topological polar surface area (TPSA) is 63.2 Å². The molecule has 5 heteroatoms. The molecule has 0 heterocycles. The van der Waals surface area contributed by atoms with Crippen LogP contribution in [0.4, 0.5) is 0 Å². The molecule has 0 aliphatic heterocycles. The lowest BCUT2D eigenvalue weighted by atomic mass is 10.1. The third-order valence-corrected chi connectivity index (χ3v) is 3.82. The molecule has 0 fully saturated rings. The van der Waals surface area contributed by atoms with Gasteiger partial charge in [0.2, 0.25) is 5.62 Å². The van der Waals surface area contributed by atoms with E-state index in [0.717, 1.165) is 19.3 Å². The number of carbonyl (C=O) groups excluding carboxylic acids is 1. The van der Waals surface area contributed by atoms with Gasteiger partial charge in [-0.05, 0) is 6.42 Å².